The Bertz CT molecular complexity index is 882. The summed E-state index contributed by atoms with van der Waals surface area (Å²) in [6.45, 7) is 2.32. The average Bonchev–Trinajstić information content (AvgIpc) is 2.53. The number of ether oxygens (including phenoxy) is 1. The summed E-state index contributed by atoms with van der Waals surface area (Å²) in [5.41, 5.74) is 7.29. The molecule has 0 radical (unpaired) electrons. The Morgan fingerprint density at radius 1 is 1.27 bits per heavy atom. The van der Waals surface area contributed by atoms with E-state index in [1.54, 1.807) is 18.2 Å². The number of sulfone groups is 1. The summed E-state index contributed by atoms with van der Waals surface area (Å²) in [6.07, 6.45) is 1.19. The molecule has 1 saturated heterocycles. The molecule has 2 heterocycles. The van der Waals surface area contributed by atoms with Gasteiger partial charge in [0.05, 0.1) is 23.8 Å². The number of benzene rings is 1. The van der Waals surface area contributed by atoms with E-state index in [2.05, 4.69) is 20.2 Å². The van der Waals surface area contributed by atoms with Gasteiger partial charge < -0.3 is 20.7 Å². The number of rotatable bonds is 7. The van der Waals surface area contributed by atoms with Gasteiger partial charge in [-0.15, -0.1) is 0 Å². The van der Waals surface area contributed by atoms with Crippen molar-refractivity contribution in [1.29, 1.82) is 0 Å². The van der Waals surface area contributed by atoms with Gasteiger partial charge in [-0.25, -0.2) is 13.4 Å². The first kappa shape index (κ1) is 18.6. The van der Waals surface area contributed by atoms with Crippen LogP contribution in [0, 0.1) is 0 Å². The van der Waals surface area contributed by atoms with Crippen molar-refractivity contribution in [3.05, 3.63) is 41.6 Å². The smallest absolute Gasteiger partial charge is 0.222 e. The minimum Gasteiger partial charge on any atom is -0.370 e. The molecule has 0 amide bonds. The van der Waals surface area contributed by atoms with Crippen LogP contribution in [0.2, 0.25) is 0 Å². The number of nitrogens with one attached hydrogen (secondary N) is 1. The van der Waals surface area contributed by atoms with Crippen LogP contribution in [-0.4, -0.2) is 50.8 Å². The van der Waals surface area contributed by atoms with Crippen LogP contribution >= 0.6 is 0 Å². The Balaban J connectivity index is 1.61. The minimum atomic E-state index is -3.23. The molecular weight excluding hydrogens is 354 g/mol. The number of nitrogens with two attached hydrogens (primary N) is 1. The molecule has 140 valence electrons. The third kappa shape index (κ3) is 4.48. The van der Waals surface area contributed by atoms with Crippen LogP contribution in [0.25, 0.3) is 0 Å². The minimum absolute atomic E-state index is 0.216. The SMILES string of the molecule is CNC1CN(c2cc(COCc3cccc(S(C)(=O)=O)c3)nc(N)n2)C1. The number of likely N-dealkylation sites (N-methyl/N-ethyl adjacent to an activating group) is 1. The second kappa shape index (κ2) is 7.56. The van der Waals surface area contributed by atoms with Crippen molar-refractivity contribution in [2.24, 2.45) is 0 Å². The molecule has 8 nitrogen and oxygen atoms in total. The maximum absolute atomic E-state index is 11.6. The van der Waals surface area contributed by atoms with E-state index in [4.69, 9.17) is 10.5 Å². The topological polar surface area (TPSA) is 110 Å². The molecule has 0 unspecified atom stereocenters. The predicted molar refractivity (Wildman–Crippen MR) is 99.5 cm³/mol. The fourth-order valence-electron chi connectivity index (χ4n) is 2.73. The van der Waals surface area contributed by atoms with E-state index >= 15 is 0 Å². The predicted octanol–water partition coefficient (Wildman–Crippen LogP) is 0.587. The Labute approximate surface area is 153 Å². The van der Waals surface area contributed by atoms with E-state index < -0.39 is 9.84 Å². The molecule has 0 atom stereocenters. The van der Waals surface area contributed by atoms with Gasteiger partial charge in [0.1, 0.15) is 5.82 Å². The molecule has 2 aromatic rings. The molecule has 1 aromatic heterocycles. The van der Waals surface area contributed by atoms with Crippen molar-refractivity contribution in [3.63, 3.8) is 0 Å². The Kier molecular flexibility index (Phi) is 5.40. The van der Waals surface area contributed by atoms with Gasteiger partial charge in [0.25, 0.3) is 0 Å². The van der Waals surface area contributed by atoms with Crippen molar-refractivity contribution in [1.82, 2.24) is 15.3 Å². The lowest BCUT2D eigenvalue weighted by Crippen LogP contribution is -2.57. The van der Waals surface area contributed by atoms with Crippen LogP contribution in [0.15, 0.2) is 35.2 Å². The highest BCUT2D eigenvalue weighted by atomic mass is 32.2. The van der Waals surface area contributed by atoms with Crippen LogP contribution < -0.4 is 16.0 Å². The maximum Gasteiger partial charge on any atom is 0.222 e. The van der Waals surface area contributed by atoms with E-state index in [-0.39, 0.29) is 24.1 Å². The fraction of sp³-hybridized carbons (Fsp3) is 0.412. The first-order chi connectivity index (χ1) is 12.3. The van der Waals surface area contributed by atoms with E-state index in [9.17, 15) is 8.42 Å². The second-order valence-corrected chi connectivity index (χ2v) is 8.39. The number of hydrogen-bond donors (Lipinski definition) is 2. The van der Waals surface area contributed by atoms with Crippen molar-refractivity contribution in [2.75, 3.05) is 37.0 Å². The number of nitrogen functional groups attached to an aromatic ring is 1. The van der Waals surface area contributed by atoms with E-state index in [0.29, 0.717) is 11.7 Å². The van der Waals surface area contributed by atoms with Crippen LogP contribution in [0.5, 0.6) is 0 Å². The third-order valence-corrected chi connectivity index (χ3v) is 5.35. The first-order valence-electron chi connectivity index (χ1n) is 8.27. The lowest BCUT2D eigenvalue weighted by Gasteiger charge is -2.40. The Hall–Kier alpha value is -2.23. The number of aromatic nitrogens is 2. The highest BCUT2D eigenvalue weighted by molar-refractivity contribution is 7.90. The van der Waals surface area contributed by atoms with Gasteiger partial charge in [-0.2, -0.15) is 4.98 Å². The molecule has 0 saturated carbocycles. The summed E-state index contributed by atoms with van der Waals surface area (Å²) in [7, 11) is -1.29. The van der Waals surface area contributed by atoms with Crippen LogP contribution in [0.3, 0.4) is 0 Å². The molecule has 0 bridgehead atoms. The molecule has 3 N–H and O–H groups in total. The number of hydrogen-bond acceptors (Lipinski definition) is 8. The van der Waals surface area contributed by atoms with Crippen molar-refractivity contribution < 1.29 is 13.2 Å². The van der Waals surface area contributed by atoms with E-state index in [0.717, 1.165) is 24.5 Å². The monoisotopic (exact) mass is 377 g/mol. The first-order valence-corrected chi connectivity index (χ1v) is 10.2. The standard InChI is InChI=1S/C17H23N5O3S/c1-19-14-8-22(9-14)16-7-13(20-17(18)21-16)11-25-10-12-4-3-5-15(6-12)26(2,23)24/h3-7,14,19H,8-11H2,1-2H3,(H2,18,20,21). The lowest BCUT2D eigenvalue weighted by atomic mass is 10.1. The summed E-state index contributed by atoms with van der Waals surface area (Å²) in [4.78, 5) is 10.9. The zero-order chi connectivity index (χ0) is 18.7. The highest BCUT2D eigenvalue weighted by Crippen LogP contribution is 2.20. The van der Waals surface area contributed by atoms with Gasteiger partial charge in [-0.3, -0.25) is 0 Å². The molecule has 1 aliphatic rings. The lowest BCUT2D eigenvalue weighted by molar-refractivity contribution is 0.104. The summed E-state index contributed by atoms with van der Waals surface area (Å²) in [5.74, 6) is 1.01. The molecule has 1 aromatic carbocycles. The fourth-order valence-corrected chi connectivity index (χ4v) is 3.42. The molecule has 0 spiro atoms. The summed E-state index contributed by atoms with van der Waals surface area (Å²) >= 11 is 0. The van der Waals surface area contributed by atoms with Crippen molar-refractivity contribution in [3.8, 4) is 0 Å². The van der Waals surface area contributed by atoms with Crippen LogP contribution in [0.4, 0.5) is 11.8 Å². The van der Waals surface area contributed by atoms with E-state index in [1.807, 2.05) is 19.2 Å². The summed E-state index contributed by atoms with van der Waals surface area (Å²) < 4.78 is 28.9. The normalized spacial score (nSPS) is 15.1. The van der Waals surface area contributed by atoms with Crippen molar-refractivity contribution in [2.45, 2.75) is 24.2 Å². The van der Waals surface area contributed by atoms with Gasteiger partial charge in [-0.05, 0) is 24.7 Å². The van der Waals surface area contributed by atoms with Crippen LogP contribution in [-0.2, 0) is 27.8 Å². The van der Waals surface area contributed by atoms with Crippen molar-refractivity contribution >= 4 is 21.6 Å². The molecule has 0 aliphatic carbocycles. The summed E-state index contributed by atoms with van der Waals surface area (Å²) in [6, 6.07) is 9.06. The van der Waals surface area contributed by atoms with Gasteiger partial charge in [-0.1, -0.05) is 12.1 Å². The largest absolute Gasteiger partial charge is 0.370 e. The zero-order valence-electron chi connectivity index (χ0n) is 14.8. The van der Waals surface area contributed by atoms with Gasteiger partial charge in [0.15, 0.2) is 9.84 Å². The van der Waals surface area contributed by atoms with E-state index in [1.165, 1.54) is 6.26 Å². The molecule has 1 fully saturated rings. The third-order valence-electron chi connectivity index (χ3n) is 4.24. The Morgan fingerprint density at radius 2 is 2.04 bits per heavy atom. The molecular formula is C17H23N5O3S. The van der Waals surface area contributed by atoms with Gasteiger partial charge in [0, 0.05) is 31.5 Å². The average molecular weight is 377 g/mol. The molecule has 1 aliphatic heterocycles. The number of nitrogens with zero attached hydrogens (tertiary/aromatic N) is 3. The Morgan fingerprint density at radius 3 is 2.73 bits per heavy atom. The molecule has 26 heavy (non-hydrogen) atoms. The maximum atomic E-state index is 11.6. The van der Waals surface area contributed by atoms with Crippen LogP contribution in [0.1, 0.15) is 11.3 Å². The zero-order valence-corrected chi connectivity index (χ0v) is 15.7. The highest BCUT2D eigenvalue weighted by Gasteiger charge is 2.26. The van der Waals surface area contributed by atoms with Gasteiger partial charge in [0.2, 0.25) is 5.95 Å². The number of anilines is 2. The summed E-state index contributed by atoms with van der Waals surface area (Å²) in [5, 5.41) is 3.21. The molecule has 3 rings (SSSR count). The second-order valence-electron chi connectivity index (χ2n) is 6.38. The quantitative estimate of drug-likeness (QED) is 0.721. The molecule has 9 heteroatoms. The van der Waals surface area contributed by atoms with Gasteiger partial charge >= 0.3 is 0 Å².